The molecule has 0 fully saturated rings. The first-order valence-electron chi connectivity index (χ1n) is 5.93. The van der Waals surface area contributed by atoms with Crippen LogP contribution in [0, 0.1) is 3.57 Å². The molecule has 0 saturated carbocycles. The van der Waals surface area contributed by atoms with Gasteiger partial charge in [-0.2, -0.15) is 0 Å². The SMILES string of the molecule is NC1C=C(Cc2ccc(I)cc2)CCCC1. The Kier molecular flexibility index (Phi) is 4.41. The molecule has 0 aliphatic heterocycles. The quantitative estimate of drug-likeness (QED) is 0.651. The zero-order valence-electron chi connectivity index (χ0n) is 9.45. The van der Waals surface area contributed by atoms with Gasteiger partial charge in [-0.1, -0.05) is 30.2 Å². The van der Waals surface area contributed by atoms with Crippen LogP contribution in [0.1, 0.15) is 31.2 Å². The lowest BCUT2D eigenvalue weighted by atomic mass is 10.0. The molecule has 0 spiro atoms. The van der Waals surface area contributed by atoms with Crippen molar-refractivity contribution in [3.63, 3.8) is 0 Å². The molecule has 0 amide bonds. The van der Waals surface area contributed by atoms with Crippen LogP contribution in [-0.4, -0.2) is 6.04 Å². The lowest BCUT2D eigenvalue weighted by molar-refractivity contribution is 0.654. The normalized spacial score (nSPS) is 21.4. The molecule has 1 aliphatic rings. The minimum Gasteiger partial charge on any atom is -0.324 e. The van der Waals surface area contributed by atoms with Crippen LogP contribution < -0.4 is 5.73 Å². The molecule has 1 unspecified atom stereocenters. The highest BCUT2D eigenvalue weighted by Gasteiger charge is 2.08. The summed E-state index contributed by atoms with van der Waals surface area (Å²) in [7, 11) is 0. The van der Waals surface area contributed by atoms with Crippen molar-refractivity contribution in [2.45, 2.75) is 38.1 Å². The average molecular weight is 327 g/mol. The van der Waals surface area contributed by atoms with E-state index in [1.165, 1.54) is 34.0 Å². The van der Waals surface area contributed by atoms with Gasteiger partial charge in [0.05, 0.1) is 0 Å². The van der Waals surface area contributed by atoms with Gasteiger partial charge in [-0.25, -0.2) is 0 Å². The fourth-order valence-corrected chi connectivity index (χ4v) is 2.57. The fourth-order valence-electron chi connectivity index (χ4n) is 2.21. The van der Waals surface area contributed by atoms with Gasteiger partial charge in [0.1, 0.15) is 0 Å². The minimum atomic E-state index is 0.279. The number of halogens is 1. The lowest BCUT2D eigenvalue weighted by Gasteiger charge is -2.07. The Labute approximate surface area is 111 Å². The summed E-state index contributed by atoms with van der Waals surface area (Å²) in [6.45, 7) is 0. The van der Waals surface area contributed by atoms with Gasteiger partial charge in [-0.3, -0.25) is 0 Å². The van der Waals surface area contributed by atoms with Crippen molar-refractivity contribution in [3.8, 4) is 0 Å². The third-order valence-electron chi connectivity index (χ3n) is 3.08. The van der Waals surface area contributed by atoms with Crippen LogP contribution in [0.2, 0.25) is 0 Å². The van der Waals surface area contributed by atoms with Gasteiger partial charge in [0.15, 0.2) is 0 Å². The van der Waals surface area contributed by atoms with Crippen LogP contribution in [0.5, 0.6) is 0 Å². The van der Waals surface area contributed by atoms with Crippen LogP contribution in [-0.2, 0) is 6.42 Å². The topological polar surface area (TPSA) is 26.0 Å². The first kappa shape index (κ1) is 12.1. The second kappa shape index (κ2) is 5.82. The molecule has 1 atom stereocenters. The van der Waals surface area contributed by atoms with Gasteiger partial charge in [0, 0.05) is 9.61 Å². The van der Waals surface area contributed by atoms with Gasteiger partial charge < -0.3 is 5.73 Å². The summed E-state index contributed by atoms with van der Waals surface area (Å²) in [5.41, 5.74) is 8.95. The monoisotopic (exact) mass is 327 g/mol. The molecular formula is C14H18IN. The van der Waals surface area contributed by atoms with Crippen molar-refractivity contribution in [3.05, 3.63) is 45.0 Å². The molecule has 1 aromatic carbocycles. The van der Waals surface area contributed by atoms with Crippen LogP contribution >= 0.6 is 22.6 Å². The molecule has 1 nitrogen and oxygen atoms in total. The third-order valence-corrected chi connectivity index (χ3v) is 3.80. The number of nitrogens with two attached hydrogens (primary N) is 1. The summed E-state index contributed by atoms with van der Waals surface area (Å²) in [5.74, 6) is 0. The van der Waals surface area contributed by atoms with Crippen molar-refractivity contribution >= 4 is 22.6 Å². The van der Waals surface area contributed by atoms with Crippen LogP contribution in [0.4, 0.5) is 0 Å². The van der Waals surface area contributed by atoms with Gasteiger partial charge in [-0.05, 0) is 66.0 Å². The summed E-state index contributed by atoms with van der Waals surface area (Å²) in [6, 6.07) is 9.07. The van der Waals surface area contributed by atoms with E-state index in [0.717, 1.165) is 12.8 Å². The molecule has 1 aromatic rings. The van der Waals surface area contributed by atoms with E-state index in [-0.39, 0.29) is 6.04 Å². The van der Waals surface area contributed by atoms with E-state index in [0.29, 0.717) is 0 Å². The molecule has 0 heterocycles. The Bertz CT molecular complexity index is 367. The molecule has 0 bridgehead atoms. The van der Waals surface area contributed by atoms with E-state index in [4.69, 9.17) is 5.73 Å². The highest BCUT2D eigenvalue weighted by atomic mass is 127. The zero-order chi connectivity index (χ0) is 11.4. The highest BCUT2D eigenvalue weighted by Crippen LogP contribution is 2.20. The number of hydrogen-bond donors (Lipinski definition) is 1. The molecule has 0 radical (unpaired) electrons. The van der Waals surface area contributed by atoms with Crippen molar-refractivity contribution in [2.75, 3.05) is 0 Å². The predicted octanol–water partition coefficient (Wildman–Crippen LogP) is 3.66. The molecule has 0 aromatic heterocycles. The first-order chi connectivity index (χ1) is 7.74. The molecule has 2 heteroatoms. The van der Waals surface area contributed by atoms with E-state index in [1.54, 1.807) is 0 Å². The second-order valence-electron chi connectivity index (χ2n) is 4.54. The maximum atomic E-state index is 6.03. The van der Waals surface area contributed by atoms with Crippen molar-refractivity contribution in [1.29, 1.82) is 0 Å². The van der Waals surface area contributed by atoms with Crippen molar-refractivity contribution in [1.82, 2.24) is 0 Å². The molecule has 0 saturated heterocycles. The van der Waals surface area contributed by atoms with E-state index in [9.17, 15) is 0 Å². The van der Waals surface area contributed by atoms with Gasteiger partial charge in [0.2, 0.25) is 0 Å². The minimum absolute atomic E-state index is 0.279. The number of hydrogen-bond acceptors (Lipinski definition) is 1. The molecule has 2 N–H and O–H groups in total. The van der Waals surface area contributed by atoms with Crippen molar-refractivity contribution in [2.24, 2.45) is 5.73 Å². The van der Waals surface area contributed by atoms with Gasteiger partial charge in [-0.15, -0.1) is 0 Å². The number of rotatable bonds is 2. The van der Waals surface area contributed by atoms with E-state index < -0.39 is 0 Å². The molecular weight excluding hydrogens is 309 g/mol. The van der Waals surface area contributed by atoms with Crippen LogP contribution in [0.3, 0.4) is 0 Å². The second-order valence-corrected chi connectivity index (χ2v) is 5.78. The fraction of sp³-hybridized carbons (Fsp3) is 0.429. The van der Waals surface area contributed by atoms with Gasteiger partial charge >= 0.3 is 0 Å². The Morgan fingerprint density at radius 1 is 1.19 bits per heavy atom. The largest absolute Gasteiger partial charge is 0.324 e. The lowest BCUT2D eigenvalue weighted by Crippen LogP contribution is -2.16. The Hall–Kier alpha value is -0.350. The zero-order valence-corrected chi connectivity index (χ0v) is 11.6. The Morgan fingerprint density at radius 2 is 1.94 bits per heavy atom. The van der Waals surface area contributed by atoms with Crippen LogP contribution in [0.15, 0.2) is 35.9 Å². The summed E-state index contributed by atoms with van der Waals surface area (Å²) in [6.07, 6.45) is 8.29. The molecule has 86 valence electrons. The molecule has 1 aliphatic carbocycles. The maximum absolute atomic E-state index is 6.03. The predicted molar refractivity (Wildman–Crippen MR) is 77.4 cm³/mol. The average Bonchev–Trinajstić information content (AvgIpc) is 2.46. The van der Waals surface area contributed by atoms with Crippen LogP contribution in [0.25, 0.3) is 0 Å². The third kappa shape index (κ3) is 3.59. The maximum Gasteiger partial charge on any atom is 0.0226 e. The number of benzene rings is 1. The van der Waals surface area contributed by atoms with Crippen molar-refractivity contribution < 1.29 is 0 Å². The number of allylic oxidation sites excluding steroid dienone is 1. The summed E-state index contributed by atoms with van der Waals surface area (Å²) in [4.78, 5) is 0. The smallest absolute Gasteiger partial charge is 0.0226 e. The summed E-state index contributed by atoms with van der Waals surface area (Å²) >= 11 is 2.34. The highest BCUT2D eigenvalue weighted by molar-refractivity contribution is 14.1. The summed E-state index contributed by atoms with van der Waals surface area (Å²) in [5, 5.41) is 0. The van der Waals surface area contributed by atoms with Gasteiger partial charge in [0.25, 0.3) is 0 Å². The Morgan fingerprint density at radius 3 is 2.69 bits per heavy atom. The molecule has 16 heavy (non-hydrogen) atoms. The van der Waals surface area contributed by atoms with E-state index in [2.05, 4.69) is 52.9 Å². The summed E-state index contributed by atoms with van der Waals surface area (Å²) < 4.78 is 1.30. The van der Waals surface area contributed by atoms with E-state index in [1.807, 2.05) is 0 Å². The molecule has 2 rings (SSSR count). The standard InChI is InChI=1S/C14H18IN/c15-13-7-5-11(6-8-13)9-12-3-1-2-4-14(16)10-12/h5-8,10,14H,1-4,9,16H2. The first-order valence-corrected chi connectivity index (χ1v) is 7.01. The Balaban J connectivity index is 2.05. The van der Waals surface area contributed by atoms with E-state index >= 15 is 0 Å².